The Hall–Kier alpha value is -3.11. The third-order valence-electron chi connectivity index (χ3n) is 5.63. The van der Waals surface area contributed by atoms with Crippen molar-refractivity contribution in [3.8, 4) is 5.75 Å². The molecule has 4 nitrogen and oxygen atoms in total. The average molecular weight is 416 g/mol. The van der Waals surface area contributed by atoms with Gasteiger partial charge in [-0.25, -0.2) is 4.98 Å². The third-order valence-corrected chi connectivity index (χ3v) is 5.63. The van der Waals surface area contributed by atoms with E-state index >= 15 is 0 Å². The van der Waals surface area contributed by atoms with Crippen LogP contribution < -0.4 is 15.4 Å². The van der Waals surface area contributed by atoms with Crippen molar-refractivity contribution >= 4 is 11.5 Å². The first-order valence-corrected chi connectivity index (χ1v) is 10.6. The minimum Gasteiger partial charge on any atom is -0.489 e. The zero-order chi connectivity index (χ0) is 20.8. The van der Waals surface area contributed by atoms with Crippen LogP contribution in [0.15, 0.2) is 73.4 Å². The van der Waals surface area contributed by atoms with Gasteiger partial charge in [-0.1, -0.05) is 50.4 Å². The number of anilines is 1. The molecule has 0 spiro atoms. The van der Waals surface area contributed by atoms with Gasteiger partial charge in [0.2, 0.25) is 0 Å². The number of benzene rings is 2. The number of nitrogens with zero attached hydrogens (tertiary/aromatic N) is 1. The van der Waals surface area contributed by atoms with Crippen molar-refractivity contribution in [1.29, 1.82) is 0 Å². The first-order chi connectivity index (χ1) is 14.7. The monoisotopic (exact) mass is 415 g/mol. The number of hydrogen-bond acceptors (Lipinski definition) is 4. The van der Waals surface area contributed by atoms with Gasteiger partial charge in [-0.05, 0) is 85.3 Å². The second kappa shape index (κ2) is 10.8. The fraction of sp³-hybridized carbons (Fsp3) is 0.296. The van der Waals surface area contributed by atoms with Crippen LogP contribution >= 0.6 is 0 Å². The molecular weight excluding hydrogens is 382 g/mol. The van der Waals surface area contributed by atoms with Crippen molar-refractivity contribution in [2.75, 3.05) is 18.4 Å². The van der Waals surface area contributed by atoms with Crippen molar-refractivity contribution in [2.24, 2.45) is 0 Å². The predicted molar refractivity (Wildman–Crippen MR) is 130 cm³/mol. The molecule has 1 aliphatic heterocycles. The molecule has 1 saturated heterocycles. The second-order valence-electron chi connectivity index (χ2n) is 7.86. The summed E-state index contributed by atoms with van der Waals surface area (Å²) in [6.45, 7) is 9.04. The maximum absolute atomic E-state index is 5.87. The number of ether oxygens (including phenoxy) is 1. The lowest BCUT2D eigenvalue weighted by atomic mass is 9.91. The molecule has 0 atom stereocenters. The molecule has 2 aromatic carbocycles. The largest absolute Gasteiger partial charge is 0.489 e. The lowest BCUT2D eigenvalue weighted by molar-refractivity contribution is 0.306. The van der Waals surface area contributed by atoms with Crippen LogP contribution in [0.4, 0.5) is 5.82 Å². The van der Waals surface area contributed by atoms with Gasteiger partial charge in [0, 0.05) is 11.9 Å². The van der Waals surface area contributed by atoms with Crippen LogP contribution in [0.5, 0.6) is 5.75 Å². The number of hydrogen-bond donors (Lipinski definition) is 2. The van der Waals surface area contributed by atoms with E-state index in [2.05, 4.69) is 47.3 Å². The summed E-state index contributed by atoms with van der Waals surface area (Å²) in [6.07, 6.45) is 4.37. The lowest BCUT2D eigenvalue weighted by Gasteiger charge is -2.23. The molecule has 0 amide bonds. The van der Waals surface area contributed by atoms with Crippen LogP contribution in [-0.4, -0.2) is 18.1 Å². The molecule has 0 unspecified atom stereocenters. The molecule has 1 fully saturated rings. The van der Waals surface area contributed by atoms with Crippen LogP contribution in [0.1, 0.15) is 48.4 Å². The highest BCUT2D eigenvalue weighted by Crippen LogP contribution is 2.28. The Morgan fingerprint density at radius 2 is 1.81 bits per heavy atom. The summed E-state index contributed by atoms with van der Waals surface area (Å²) in [7, 11) is 0. The van der Waals surface area contributed by atoms with Gasteiger partial charge in [0.15, 0.2) is 0 Å². The van der Waals surface area contributed by atoms with Gasteiger partial charge in [-0.15, -0.1) is 0 Å². The molecule has 2 heterocycles. The molecule has 0 bridgehead atoms. The molecule has 4 heteroatoms. The van der Waals surface area contributed by atoms with E-state index in [1.165, 1.54) is 18.4 Å². The quantitative estimate of drug-likeness (QED) is 0.485. The molecule has 3 aromatic rings. The molecule has 2 N–H and O–H groups in total. The van der Waals surface area contributed by atoms with E-state index in [9.17, 15) is 0 Å². The molecule has 31 heavy (non-hydrogen) atoms. The Morgan fingerprint density at radius 3 is 2.48 bits per heavy atom. The highest BCUT2D eigenvalue weighted by Gasteiger charge is 2.16. The Balaban J connectivity index is 0.00000272. The van der Waals surface area contributed by atoms with Gasteiger partial charge in [0.1, 0.15) is 18.2 Å². The maximum atomic E-state index is 5.87. The fourth-order valence-electron chi connectivity index (χ4n) is 3.81. The van der Waals surface area contributed by atoms with E-state index in [4.69, 9.17) is 4.74 Å². The molecule has 162 valence electrons. The number of aryl methyl sites for hydroxylation is 1. The highest BCUT2D eigenvalue weighted by molar-refractivity contribution is 5.75. The summed E-state index contributed by atoms with van der Waals surface area (Å²) in [4.78, 5) is 4.68. The third kappa shape index (κ3) is 5.96. The smallest absolute Gasteiger partial charge is 0.133 e. The Labute approximate surface area is 186 Å². The van der Waals surface area contributed by atoms with Crippen LogP contribution in [0.3, 0.4) is 0 Å². The van der Waals surface area contributed by atoms with Gasteiger partial charge in [-0.3, -0.25) is 0 Å². The average Bonchev–Trinajstić information content (AvgIpc) is 2.80. The van der Waals surface area contributed by atoms with Gasteiger partial charge >= 0.3 is 0 Å². The standard InChI is InChI=1S/C26H29N3O.CH4/c1-19-16-24(23-12-14-27-15-13-23)17-28-26(19)29-20(2)22-8-10-25(11-9-22)30-18-21-6-4-3-5-7-21;/h3-11,16-17,23,27H,2,12-15,18H2,1H3,(H,28,29);1H4. The molecule has 0 radical (unpaired) electrons. The van der Waals surface area contributed by atoms with Crippen LogP contribution in [0.2, 0.25) is 0 Å². The van der Waals surface area contributed by atoms with E-state index in [-0.39, 0.29) is 7.43 Å². The van der Waals surface area contributed by atoms with E-state index in [0.29, 0.717) is 12.5 Å². The molecular formula is C27H33N3O. The summed E-state index contributed by atoms with van der Waals surface area (Å²) in [6, 6.07) is 20.4. The van der Waals surface area contributed by atoms with E-state index in [0.717, 1.165) is 47.0 Å². The van der Waals surface area contributed by atoms with Crippen molar-refractivity contribution in [1.82, 2.24) is 10.3 Å². The van der Waals surface area contributed by atoms with E-state index in [1.54, 1.807) is 0 Å². The van der Waals surface area contributed by atoms with Crippen molar-refractivity contribution in [3.05, 3.63) is 95.7 Å². The van der Waals surface area contributed by atoms with Gasteiger partial charge in [-0.2, -0.15) is 0 Å². The van der Waals surface area contributed by atoms with Gasteiger partial charge < -0.3 is 15.4 Å². The van der Waals surface area contributed by atoms with Crippen molar-refractivity contribution in [2.45, 2.75) is 39.7 Å². The summed E-state index contributed by atoms with van der Waals surface area (Å²) in [5, 5.41) is 6.80. The summed E-state index contributed by atoms with van der Waals surface area (Å²) in [5.41, 5.74) is 5.49. The number of piperidine rings is 1. The number of pyridine rings is 1. The van der Waals surface area contributed by atoms with Crippen LogP contribution in [0.25, 0.3) is 5.70 Å². The van der Waals surface area contributed by atoms with E-state index < -0.39 is 0 Å². The predicted octanol–water partition coefficient (Wildman–Crippen LogP) is 6.15. The lowest BCUT2D eigenvalue weighted by Crippen LogP contribution is -2.26. The Kier molecular flexibility index (Phi) is 7.85. The highest BCUT2D eigenvalue weighted by atomic mass is 16.5. The first-order valence-electron chi connectivity index (χ1n) is 10.6. The summed E-state index contributed by atoms with van der Waals surface area (Å²) >= 11 is 0. The molecule has 0 aliphatic carbocycles. The topological polar surface area (TPSA) is 46.2 Å². The number of rotatable bonds is 7. The minimum atomic E-state index is 0. The van der Waals surface area contributed by atoms with Crippen LogP contribution in [0, 0.1) is 6.92 Å². The molecule has 1 aliphatic rings. The van der Waals surface area contributed by atoms with Gasteiger partial charge in [0.25, 0.3) is 0 Å². The number of nitrogens with one attached hydrogen (secondary N) is 2. The fourth-order valence-corrected chi connectivity index (χ4v) is 3.81. The summed E-state index contributed by atoms with van der Waals surface area (Å²) in [5.74, 6) is 2.32. The van der Waals surface area contributed by atoms with Crippen LogP contribution in [-0.2, 0) is 6.61 Å². The summed E-state index contributed by atoms with van der Waals surface area (Å²) < 4.78 is 5.87. The zero-order valence-corrected chi connectivity index (χ0v) is 17.5. The zero-order valence-electron chi connectivity index (χ0n) is 17.5. The van der Waals surface area contributed by atoms with E-state index in [1.807, 2.05) is 48.7 Å². The minimum absolute atomic E-state index is 0. The van der Waals surface area contributed by atoms with Crippen molar-refractivity contribution in [3.63, 3.8) is 0 Å². The molecule has 4 rings (SSSR count). The SMILES string of the molecule is C.C=C(Nc1ncc(C2CCNCC2)cc1C)c1ccc(OCc2ccccc2)cc1. The van der Waals surface area contributed by atoms with Crippen molar-refractivity contribution < 1.29 is 4.74 Å². The Morgan fingerprint density at radius 1 is 1.10 bits per heavy atom. The van der Waals surface area contributed by atoms with Gasteiger partial charge in [0.05, 0.1) is 0 Å². The second-order valence-corrected chi connectivity index (χ2v) is 7.86. The normalized spacial score (nSPS) is 13.8. The Bertz CT molecular complexity index is 977. The molecule has 1 aromatic heterocycles. The maximum Gasteiger partial charge on any atom is 0.133 e. The number of aromatic nitrogens is 1. The molecule has 0 saturated carbocycles. The first kappa shape index (κ1) is 22.6.